The van der Waals surface area contributed by atoms with Crippen LogP contribution < -0.4 is 0 Å². The molecule has 0 amide bonds. The Hall–Kier alpha value is -0.660. The van der Waals surface area contributed by atoms with Gasteiger partial charge in [-0.1, -0.05) is 12.2 Å². The molecule has 0 bridgehead atoms. The second kappa shape index (κ2) is 2.60. The zero-order chi connectivity index (χ0) is 5.82. The first-order valence-electron chi connectivity index (χ1n) is 2.96. The summed E-state index contributed by atoms with van der Waals surface area (Å²) in [4.78, 5) is 0. The van der Waals surface area contributed by atoms with Gasteiger partial charge in [0.2, 0.25) is 0 Å². The molecule has 0 saturated carbocycles. The van der Waals surface area contributed by atoms with Gasteiger partial charge in [0.15, 0.2) is 0 Å². The molecule has 0 aromatic heterocycles. The van der Waals surface area contributed by atoms with Crippen molar-refractivity contribution >= 4 is 0 Å². The fourth-order valence-electron chi connectivity index (χ4n) is 0.902. The zero-order valence-electron chi connectivity index (χ0n) is 4.80. The fourth-order valence-corrected chi connectivity index (χ4v) is 0.902. The summed E-state index contributed by atoms with van der Waals surface area (Å²) in [6.07, 6.45) is 7.55. The van der Waals surface area contributed by atoms with Gasteiger partial charge in [-0.15, -0.1) is 0 Å². The maximum atomic E-state index is 6.67. The quantitative estimate of drug-likeness (QED) is 0.396. The number of hydrogen-bond donors (Lipinski definition) is 1. The highest BCUT2D eigenvalue weighted by atomic mass is 15.0. The van der Waals surface area contributed by atoms with E-state index in [9.17, 15) is 0 Å². The van der Waals surface area contributed by atoms with E-state index in [-0.39, 0.29) is 6.04 Å². The minimum atomic E-state index is 0.198. The summed E-state index contributed by atoms with van der Waals surface area (Å²) >= 11 is 0. The van der Waals surface area contributed by atoms with Gasteiger partial charge in [-0.25, -0.2) is 5.53 Å². The molecule has 2 nitrogen and oxygen atoms in total. The maximum absolute atomic E-state index is 6.67. The van der Waals surface area contributed by atoms with Gasteiger partial charge >= 0.3 is 0 Å². The number of rotatable bonds is 1. The van der Waals surface area contributed by atoms with Crippen LogP contribution in [0.4, 0.5) is 0 Å². The zero-order valence-corrected chi connectivity index (χ0v) is 4.80. The summed E-state index contributed by atoms with van der Waals surface area (Å²) in [5, 5.41) is 3.41. The molecule has 0 radical (unpaired) electrons. The van der Waals surface area contributed by atoms with Crippen molar-refractivity contribution in [3.8, 4) is 0 Å². The Kier molecular flexibility index (Phi) is 1.78. The minimum absolute atomic E-state index is 0.198. The molecule has 1 N–H and O–H groups in total. The third kappa shape index (κ3) is 1.15. The van der Waals surface area contributed by atoms with Gasteiger partial charge in [-0.05, 0) is 19.3 Å². The third-order valence-electron chi connectivity index (χ3n) is 1.39. The summed E-state index contributed by atoms with van der Waals surface area (Å²) in [5.41, 5.74) is 6.67. The molecule has 8 heavy (non-hydrogen) atoms. The molecule has 2 heteroatoms. The first-order chi connectivity index (χ1) is 3.93. The van der Waals surface area contributed by atoms with E-state index in [4.69, 9.17) is 5.53 Å². The first-order valence-corrected chi connectivity index (χ1v) is 2.96. The SMILES string of the molecule is N=NC1C=CCCC1. The van der Waals surface area contributed by atoms with Crippen LogP contribution in [0.15, 0.2) is 17.3 Å². The molecule has 1 atom stereocenters. The van der Waals surface area contributed by atoms with Gasteiger partial charge in [0.25, 0.3) is 0 Å². The Morgan fingerprint density at radius 2 is 2.50 bits per heavy atom. The fraction of sp³-hybridized carbons (Fsp3) is 0.667. The molecule has 0 saturated heterocycles. The van der Waals surface area contributed by atoms with E-state index in [1.54, 1.807) is 0 Å². The largest absolute Gasteiger partial charge is 0.209 e. The predicted octanol–water partition coefficient (Wildman–Crippen LogP) is 2.13. The van der Waals surface area contributed by atoms with Crippen molar-refractivity contribution < 1.29 is 0 Å². The second-order valence-corrected chi connectivity index (χ2v) is 2.06. The van der Waals surface area contributed by atoms with Crippen LogP contribution in [0.3, 0.4) is 0 Å². The Bertz CT molecular complexity index is 107. The molecular formula is C6H10N2. The average Bonchev–Trinajstić information content (AvgIpc) is 1.90. The van der Waals surface area contributed by atoms with E-state index < -0.39 is 0 Å². The average molecular weight is 110 g/mol. The van der Waals surface area contributed by atoms with Crippen molar-refractivity contribution in [3.05, 3.63) is 12.2 Å². The summed E-state index contributed by atoms with van der Waals surface area (Å²) < 4.78 is 0. The molecular weight excluding hydrogens is 100 g/mol. The molecule has 0 spiro atoms. The first kappa shape index (κ1) is 5.48. The molecule has 0 heterocycles. The lowest BCUT2D eigenvalue weighted by molar-refractivity contribution is 0.614. The molecule has 1 rings (SSSR count). The van der Waals surface area contributed by atoms with Crippen molar-refractivity contribution in [1.82, 2.24) is 0 Å². The van der Waals surface area contributed by atoms with Crippen molar-refractivity contribution in [3.63, 3.8) is 0 Å². The minimum Gasteiger partial charge on any atom is -0.209 e. The van der Waals surface area contributed by atoms with Gasteiger partial charge in [0, 0.05) is 0 Å². The van der Waals surface area contributed by atoms with E-state index >= 15 is 0 Å². The van der Waals surface area contributed by atoms with Crippen molar-refractivity contribution in [2.45, 2.75) is 25.3 Å². The Morgan fingerprint density at radius 3 is 2.88 bits per heavy atom. The van der Waals surface area contributed by atoms with Crippen LogP contribution in [0.1, 0.15) is 19.3 Å². The summed E-state index contributed by atoms with van der Waals surface area (Å²) in [7, 11) is 0. The van der Waals surface area contributed by atoms with Crippen molar-refractivity contribution in [1.29, 1.82) is 5.53 Å². The summed E-state index contributed by atoms with van der Waals surface area (Å²) in [6.45, 7) is 0. The Labute approximate surface area is 49.1 Å². The summed E-state index contributed by atoms with van der Waals surface area (Å²) in [6, 6.07) is 0.198. The normalized spacial score (nSPS) is 27.8. The van der Waals surface area contributed by atoms with Crippen LogP contribution in [0.5, 0.6) is 0 Å². The smallest absolute Gasteiger partial charge is 0.0886 e. The molecule has 44 valence electrons. The van der Waals surface area contributed by atoms with Gasteiger partial charge in [0.05, 0.1) is 6.04 Å². The lowest BCUT2D eigenvalue weighted by Crippen LogP contribution is -2.01. The standard InChI is InChI=1S/C6H10N2/c7-8-6-4-2-1-3-5-6/h2,4,6-7H,1,3,5H2. The van der Waals surface area contributed by atoms with Crippen LogP contribution in [-0.2, 0) is 0 Å². The molecule has 0 aliphatic heterocycles. The van der Waals surface area contributed by atoms with Crippen LogP contribution in [0.2, 0.25) is 0 Å². The number of nitrogens with one attached hydrogen (secondary N) is 1. The number of allylic oxidation sites excluding steroid dienone is 1. The predicted molar refractivity (Wildman–Crippen MR) is 31.9 cm³/mol. The van der Waals surface area contributed by atoms with Gasteiger partial charge < -0.3 is 0 Å². The third-order valence-corrected chi connectivity index (χ3v) is 1.39. The number of hydrogen-bond acceptors (Lipinski definition) is 2. The van der Waals surface area contributed by atoms with E-state index in [0.717, 1.165) is 6.42 Å². The maximum Gasteiger partial charge on any atom is 0.0886 e. The van der Waals surface area contributed by atoms with E-state index in [1.807, 2.05) is 6.08 Å². The lowest BCUT2D eigenvalue weighted by Gasteiger charge is -2.07. The molecule has 1 unspecified atom stereocenters. The number of nitrogens with zero attached hydrogens (tertiary/aromatic N) is 1. The highest BCUT2D eigenvalue weighted by molar-refractivity contribution is 4.96. The second-order valence-electron chi connectivity index (χ2n) is 2.06. The molecule has 1 aliphatic rings. The van der Waals surface area contributed by atoms with Gasteiger partial charge in [-0.2, -0.15) is 5.11 Å². The van der Waals surface area contributed by atoms with Crippen molar-refractivity contribution in [2.75, 3.05) is 0 Å². The molecule has 0 fully saturated rings. The van der Waals surface area contributed by atoms with Crippen LogP contribution >= 0.6 is 0 Å². The van der Waals surface area contributed by atoms with E-state index in [0.29, 0.717) is 0 Å². The van der Waals surface area contributed by atoms with Crippen LogP contribution in [0.25, 0.3) is 0 Å². The van der Waals surface area contributed by atoms with Gasteiger partial charge in [0.1, 0.15) is 0 Å². The van der Waals surface area contributed by atoms with Crippen molar-refractivity contribution in [2.24, 2.45) is 5.11 Å². The highest BCUT2D eigenvalue weighted by Crippen LogP contribution is 2.12. The Balaban J connectivity index is 2.42. The van der Waals surface area contributed by atoms with Crippen LogP contribution in [-0.4, -0.2) is 6.04 Å². The molecule has 1 aliphatic carbocycles. The summed E-state index contributed by atoms with van der Waals surface area (Å²) in [5.74, 6) is 0. The van der Waals surface area contributed by atoms with Crippen LogP contribution in [0, 0.1) is 5.53 Å². The Morgan fingerprint density at radius 1 is 1.62 bits per heavy atom. The topological polar surface area (TPSA) is 36.2 Å². The van der Waals surface area contributed by atoms with E-state index in [2.05, 4.69) is 11.2 Å². The molecule has 0 aromatic carbocycles. The monoisotopic (exact) mass is 110 g/mol. The highest BCUT2D eigenvalue weighted by Gasteiger charge is 2.03. The molecule has 0 aromatic rings. The van der Waals surface area contributed by atoms with E-state index in [1.165, 1.54) is 12.8 Å². The lowest BCUT2D eigenvalue weighted by atomic mass is 10.0. The van der Waals surface area contributed by atoms with Gasteiger partial charge in [-0.3, -0.25) is 0 Å².